The number of nitrogens with two attached hydrogens (primary N) is 1. The number of fused-ring (bicyclic) bond motifs is 1. The van der Waals surface area contributed by atoms with Crippen molar-refractivity contribution < 1.29 is 0 Å². The van der Waals surface area contributed by atoms with Gasteiger partial charge in [-0.05, 0) is 31.2 Å². The number of aryl methyl sites for hydroxylation is 1. The van der Waals surface area contributed by atoms with Crippen LogP contribution in [0.2, 0.25) is 0 Å². The van der Waals surface area contributed by atoms with Crippen molar-refractivity contribution in [2.75, 3.05) is 5.73 Å². The molecule has 3 heteroatoms. The largest absolute Gasteiger partial charge is 0.397 e. The lowest BCUT2D eigenvalue weighted by Gasteiger charge is -2.03. The predicted molar refractivity (Wildman–Crippen MR) is 58.6 cm³/mol. The number of nitrogens with zero attached hydrogens (tertiary/aromatic N) is 1. The van der Waals surface area contributed by atoms with Gasteiger partial charge in [0.25, 0.3) is 0 Å². The van der Waals surface area contributed by atoms with Crippen molar-refractivity contribution in [3.63, 3.8) is 0 Å². The van der Waals surface area contributed by atoms with Crippen LogP contribution in [0.15, 0.2) is 28.7 Å². The second-order valence-electron chi connectivity index (χ2n) is 2.99. The normalized spacial score (nSPS) is 10.6. The zero-order chi connectivity index (χ0) is 9.42. The molecule has 0 aliphatic rings. The third-order valence-electron chi connectivity index (χ3n) is 1.97. The van der Waals surface area contributed by atoms with E-state index in [4.69, 9.17) is 5.73 Å². The third-order valence-corrected chi connectivity index (χ3v) is 2.67. The van der Waals surface area contributed by atoms with Crippen LogP contribution in [0, 0.1) is 6.92 Å². The highest BCUT2D eigenvalue weighted by Gasteiger charge is 2.02. The molecule has 1 aromatic heterocycles. The van der Waals surface area contributed by atoms with Crippen molar-refractivity contribution >= 4 is 32.5 Å². The Kier molecular flexibility index (Phi) is 1.96. The van der Waals surface area contributed by atoms with Gasteiger partial charge in [0.15, 0.2) is 0 Å². The van der Waals surface area contributed by atoms with E-state index in [0.29, 0.717) is 0 Å². The fourth-order valence-electron chi connectivity index (χ4n) is 1.30. The predicted octanol–water partition coefficient (Wildman–Crippen LogP) is 2.89. The van der Waals surface area contributed by atoms with Gasteiger partial charge in [-0.15, -0.1) is 0 Å². The van der Waals surface area contributed by atoms with Gasteiger partial charge in [0, 0.05) is 15.6 Å². The van der Waals surface area contributed by atoms with E-state index in [1.165, 1.54) is 0 Å². The fourth-order valence-corrected chi connectivity index (χ4v) is 1.75. The van der Waals surface area contributed by atoms with Crippen LogP contribution < -0.4 is 5.73 Å². The van der Waals surface area contributed by atoms with Gasteiger partial charge in [-0.25, -0.2) is 0 Å². The number of hydrogen-bond acceptors (Lipinski definition) is 2. The molecule has 1 aromatic carbocycles. The van der Waals surface area contributed by atoms with E-state index in [9.17, 15) is 0 Å². The Morgan fingerprint density at radius 1 is 1.23 bits per heavy atom. The molecule has 0 spiro atoms. The second kappa shape index (κ2) is 3.00. The summed E-state index contributed by atoms with van der Waals surface area (Å²) < 4.78 is 1.03. The Labute approximate surface area is 84.9 Å². The SMILES string of the molecule is Cc1ccc2c(Br)ccc(N)c2n1. The Bertz CT molecular complexity index is 466. The minimum atomic E-state index is 0.724. The summed E-state index contributed by atoms with van der Waals surface area (Å²) in [6, 6.07) is 7.80. The summed E-state index contributed by atoms with van der Waals surface area (Å²) >= 11 is 3.46. The molecular weight excluding hydrogens is 228 g/mol. The molecule has 0 unspecified atom stereocenters. The average molecular weight is 237 g/mol. The van der Waals surface area contributed by atoms with Gasteiger partial charge in [0.1, 0.15) is 0 Å². The monoisotopic (exact) mass is 236 g/mol. The average Bonchev–Trinajstić information content (AvgIpc) is 2.12. The lowest BCUT2D eigenvalue weighted by molar-refractivity contribution is 1.26. The number of aromatic nitrogens is 1. The van der Waals surface area contributed by atoms with Gasteiger partial charge in [-0.2, -0.15) is 0 Å². The molecule has 2 rings (SSSR count). The maximum absolute atomic E-state index is 5.81. The molecule has 0 fully saturated rings. The molecule has 2 nitrogen and oxygen atoms in total. The molecule has 0 amide bonds. The zero-order valence-electron chi connectivity index (χ0n) is 7.21. The third kappa shape index (κ3) is 1.40. The maximum atomic E-state index is 5.81. The number of halogens is 1. The van der Waals surface area contributed by atoms with Crippen LogP contribution in [-0.2, 0) is 0 Å². The van der Waals surface area contributed by atoms with Gasteiger partial charge in [-0.3, -0.25) is 4.98 Å². The Morgan fingerprint density at radius 3 is 2.77 bits per heavy atom. The molecule has 0 bridgehead atoms. The van der Waals surface area contributed by atoms with E-state index in [1.807, 2.05) is 31.2 Å². The van der Waals surface area contributed by atoms with Crippen LogP contribution in [0.1, 0.15) is 5.69 Å². The molecule has 0 saturated heterocycles. The van der Waals surface area contributed by atoms with Crippen LogP contribution in [0.3, 0.4) is 0 Å². The molecule has 1 heterocycles. The molecule has 66 valence electrons. The Hall–Kier alpha value is -1.09. The Morgan fingerprint density at radius 2 is 2.00 bits per heavy atom. The van der Waals surface area contributed by atoms with E-state index in [0.717, 1.165) is 26.8 Å². The van der Waals surface area contributed by atoms with Crippen molar-refractivity contribution in [2.45, 2.75) is 6.92 Å². The van der Waals surface area contributed by atoms with E-state index < -0.39 is 0 Å². The highest BCUT2D eigenvalue weighted by Crippen LogP contribution is 2.26. The number of hydrogen-bond donors (Lipinski definition) is 1. The van der Waals surface area contributed by atoms with Gasteiger partial charge < -0.3 is 5.73 Å². The van der Waals surface area contributed by atoms with Gasteiger partial charge in [0.05, 0.1) is 11.2 Å². The summed E-state index contributed by atoms with van der Waals surface area (Å²) in [5.74, 6) is 0. The maximum Gasteiger partial charge on any atom is 0.0945 e. The first-order valence-corrected chi connectivity index (χ1v) is 4.79. The summed E-state index contributed by atoms with van der Waals surface area (Å²) in [6.07, 6.45) is 0. The van der Waals surface area contributed by atoms with Crippen LogP contribution >= 0.6 is 15.9 Å². The van der Waals surface area contributed by atoms with E-state index in [-0.39, 0.29) is 0 Å². The van der Waals surface area contributed by atoms with Gasteiger partial charge in [0.2, 0.25) is 0 Å². The highest BCUT2D eigenvalue weighted by molar-refractivity contribution is 9.10. The van der Waals surface area contributed by atoms with Crippen molar-refractivity contribution in [3.8, 4) is 0 Å². The lowest BCUT2D eigenvalue weighted by atomic mass is 10.2. The molecule has 2 aromatic rings. The van der Waals surface area contributed by atoms with Crippen LogP contribution in [-0.4, -0.2) is 4.98 Å². The molecular formula is C10H9BrN2. The Balaban J connectivity index is 2.92. The van der Waals surface area contributed by atoms with E-state index in [1.54, 1.807) is 0 Å². The summed E-state index contributed by atoms with van der Waals surface area (Å²) in [4.78, 5) is 4.38. The van der Waals surface area contributed by atoms with Crippen molar-refractivity contribution in [1.29, 1.82) is 0 Å². The number of pyridine rings is 1. The number of benzene rings is 1. The van der Waals surface area contributed by atoms with Crippen LogP contribution in [0.25, 0.3) is 10.9 Å². The smallest absolute Gasteiger partial charge is 0.0945 e. The number of anilines is 1. The van der Waals surface area contributed by atoms with Gasteiger partial charge >= 0.3 is 0 Å². The van der Waals surface area contributed by atoms with E-state index in [2.05, 4.69) is 20.9 Å². The molecule has 0 radical (unpaired) electrons. The highest BCUT2D eigenvalue weighted by atomic mass is 79.9. The molecule has 0 aliphatic heterocycles. The van der Waals surface area contributed by atoms with Crippen LogP contribution in [0.5, 0.6) is 0 Å². The second-order valence-corrected chi connectivity index (χ2v) is 3.84. The number of nitrogen functional groups attached to an aromatic ring is 1. The standard InChI is InChI=1S/C10H9BrN2/c1-6-2-3-7-8(11)4-5-9(12)10(7)13-6/h2-5H,12H2,1H3. The zero-order valence-corrected chi connectivity index (χ0v) is 8.80. The van der Waals surface area contributed by atoms with Gasteiger partial charge in [-0.1, -0.05) is 15.9 Å². The first-order chi connectivity index (χ1) is 6.18. The summed E-state index contributed by atoms with van der Waals surface area (Å²) in [5.41, 5.74) is 8.39. The molecule has 0 atom stereocenters. The molecule has 2 N–H and O–H groups in total. The summed E-state index contributed by atoms with van der Waals surface area (Å²) in [5, 5.41) is 1.06. The summed E-state index contributed by atoms with van der Waals surface area (Å²) in [6.45, 7) is 1.96. The minimum Gasteiger partial charge on any atom is -0.397 e. The minimum absolute atomic E-state index is 0.724. The topological polar surface area (TPSA) is 38.9 Å². The first-order valence-electron chi connectivity index (χ1n) is 4.00. The van der Waals surface area contributed by atoms with Crippen molar-refractivity contribution in [3.05, 3.63) is 34.4 Å². The molecule has 0 saturated carbocycles. The molecule has 0 aliphatic carbocycles. The van der Waals surface area contributed by atoms with E-state index >= 15 is 0 Å². The molecule has 13 heavy (non-hydrogen) atoms. The lowest BCUT2D eigenvalue weighted by Crippen LogP contribution is -1.91. The number of rotatable bonds is 0. The quantitative estimate of drug-likeness (QED) is 0.715. The van der Waals surface area contributed by atoms with Crippen molar-refractivity contribution in [2.24, 2.45) is 0 Å². The van der Waals surface area contributed by atoms with Crippen LogP contribution in [0.4, 0.5) is 5.69 Å². The fraction of sp³-hybridized carbons (Fsp3) is 0.100. The van der Waals surface area contributed by atoms with Crippen molar-refractivity contribution in [1.82, 2.24) is 4.98 Å². The summed E-state index contributed by atoms with van der Waals surface area (Å²) in [7, 11) is 0. The first kappa shape index (κ1) is 8.51.